The van der Waals surface area contributed by atoms with E-state index in [4.69, 9.17) is 4.74 Å². The molecule has 0 bridgehead atoms. The number of carbonyl (C=O) groups excluding carboxylic acids is 2. The molecule has 8 nitrogen and oxygen atoms in total. The minimum absolute atomic E-state index is 0.0859. The quantitative estimate of drug-likeness (QED) is 0.496. The first-order valence-electron chi connectivity index (χ1n) is 9.76. The topological polar surface area (TPSA) is 98.1 Å². The number of methoxy groups -OCH3 is 1. The number of aryl methyl sites for hydroxylation is 2. The van der Waals surface area contributed by atoms with E-state index in [9.17, 15) is 9.59 Å². The van der Waals surface area contributed by atoms with E-state index in [2.05, 4.69) is 20.8 Å². The van der Waals surface area contributed by atoms with Gasteiger partial charge in [0, 0.05) is 25.6 Å². The summed E-state index contributed by atoms with van der Waals surface area (Å²) in [6.45, 7) is 2.00. The van der Waals surface area contributed by atoms with Crippen molar-refractivity contribution >= 4 is 35.0 Å². The first kappa shape index (κ1) is 22.4. The maximum absolute atomic E-state index is 12.3. The monoisotopic (exact) mass is 439 g/mol. The van der Waals surface area contributed by atoms with Gasteiger partial charge in [-0.2, -0.15) is 0 Å². The number of rotatable bonds is 9. The molecule has 2 aromatic carbocycles. The van der Waals surface area contributed by atoms with Gasteiger partial charge >= 0.3 is 0 Å². The fourth-order valence-electron chi connectivity index (χ4n) is 2.84. The molecular formula is C22H25N5O3S. The summed E-state index contributed by atoms with van der Waals surface area (Å²) in [7, 11) is 3.38. The number of nitrogens with one attached hydrogen (secondary N) is 2. The SMILES string of the molecule is COc1ccccc1NC(=O)CSc1nnc(CCC(=O)Nc2ccc(C)cc2)n1C. The first-order valence-corrected chi connectivity index (χ1v) is 10.8. The molecule has 0 aliphatic rings. The third-order valence-electron chi connectivity index (χ3n) is 4.55. The molecule has 0 fully saturated rings. The van der Waals surface area contributed by atoms with Crippen LogP contribution >= 0.6 is 11.8 Å². The second-order valence-corrected chi connectivity index (χ2v) is 7.85. The Balaban J connectivity index is 1.48. The molecule has 1 aromatic heterocycles. The summed E-state index contributed by atoms with van der Waals surface area (Å²) in [6.07, 6.45) is 0.744. The number of nitrogens with zero attached hydrogens (tertiary/aromatic N) is 3. The molecule has 2 N–H and O–H groups in total. The lowest BCUT2D eigenvalue weighted by Crippen LogP contribution is -2.15. The molecule has 0 spiro atoms. The van der Waals surface area contributed by atoms with Crippen LogP contribution in [0, 0.1) is 6.92 Å². The average Bonchev–Trinajstić information content (AvgIpc) is 3.12. The van der Waals surface area contributed by atoms with Crippen molar-refractivity contribution in [1.29, 1.82) is 0 Å². The van der Waals surface area contributed by atoms with Gasteiger partial charge in [-0.15, -0.1) is 10.2 Å². The minimum Gasteiger partial charge on any atom is -0.495 e. The van der Waals surface area contributed by atoms with Gasteiger partial charge in [-0.05, 0) is 31.2 Å². The van der Waals surface area contributed by atoms with E-state index in [0.717, 1.165) is 11.3 Å². The van der Waals surface area contributed by atoms with Crippen LogP contribution in [0.15, 0.2) is 53.7 Å². The number of thioether (sulfide) groups is 1. The minimum atomic E-state index is -0.170. The van der Waals surface area contributed by atoms with Gasteiger partial charge in [-0.1, -0.05) is 41.6 Å². The first-order chi connectivity index (χ1) is 15.0. The number of hydrogen-bond donors (Lipinski definition) is 2. The Labute approximate surface area is 185 Å². The molecule has 9 heteroatoms. The standard InChI is InChI=1S/C22H25N5O3S/c1-15-8-10-16(11-9-15)23-20(28)13-12-19-25-26-22(27(19)2)31-14-21(29)24-17-6-4-5-7-18(17)30-3/h4-11H,12-14H2,1-3H3,(H,23,28)(H,24,29). The van der Waals surface area contributed by atoms with Gasteiger partial charge in [-0.25, -0.2) is 0 Å². The van der Waals surface area contributed by atoms with Gasteiger partial charge in [0.15, 0.2) is 5.16 Å². The molecule has 3 rings (SSSR count). The predicted molar refractivity (Wildman–Crippen MR) is 121 cm³/mol. The summed E-state index contributed by atoms with van der Waals surface area (Å²) in [5.74, 6) is 1.21. The van der Waals surface area contributed by atoms with E-state index in [1.54, 1.807) is 23.8 Å². The van der Waals surface area contributed by atoms with Crippen LogP contribution < -0.4 is 15.4 Å². The van der Waals surface area contributed by atoms with Gasteiger partial charge < -0.3 is 19.9 Å². The molecule has 31 heavy (non-hydrogen) atoms. The van der Waals surface area contributed by atoms with E-state index in [1.165, 1.54) is 11.8 Å². The predicted octanol–water partition coefficient (Wildman–Crippen LogP) is 3.43. The van der Waals surface area contributed by atoms with Gasteiger partial charge in [0.1, 0.15) is 11.6 Å². The summed E-state index contributed by atoms with van der Waals surface area (Å²) in [6, 6.07) is 14.9. The van der Waals surface area contributed by atoms with E-state index in [0.29, 0.717) is 35.3 Å². The van der Waals surface area contributed by atoms with Crippen molar-refractivity contribution in [3.8, 4) is 5.75 Å². The Morgan fingerprint density at radius 2 is 1.77 bits per heavy atom. The normalized spacial score (nSPS) is 10.5. The summed E-state index contributed by atoms with van der Waals surface area (Å²) >= 11 is 1.28. The zero-order valence-electron chi connectivity index (χ0n) is 17.7. The van der Waals surface area contributed by atoms with Crippen LogP contribution in [0.5, 0.6) is 5.75 Å². The van der Waals surface area contributed by atoms with E-state index in [1.807, 2.05) is 50.4 Å². The molecule has 2 amide bonds. The van der Waals surface area contributed by atoms with Crippen LogP contribution in [0.3, 0.4) is 0 Å². The van der Waals surface area contributed by atoms with Crippen molar-refractivity contribution in [3.63, 3.8) is 0 Å². The number of aromatic nitrogens is 3. The second kappa shape index (κ2) is 10.6. The van der Waals surface area contributed by atoms with Crippen molar-refractivity contribution in [1.82, 2.24) is 14.8 Å². The van der Waals surface area contributed by atoms with Crippen LogP contribution in [-0.4, -0.2) is 39.4 Å². The van der Waals surface area contributed by atoms with Crippen LogP contribution in [-0.2, 0) is 23.1 Å². The van der Waals surface area contributed by atoms with Crippen LogP contribution in [0.25, 0.3) is 0 Å². The van der Waals surface area contributed by atoms with Crippen molar-refractivity contribution in [3.05, 3.63) is 59.9 Å². The van der Waals surface area contributed by atoms with Gasteiger partial charge in [0.05, 0.1) is 18.6 Å². The lowest BCUT2D eigenvalue weighted by Gasteiger charge is -2.09. The van der Waals surface area contributed by atoms with Crippen molar-refractivity contribution < 1.29 is 14.3 Å². The van der Waals surface area contributed by atoms with Gasteiger partial charge in [0.2, 0.25) is 11.8 Å². The van der Waals surface area contributed by atoms with Gasteiger partial charge in [0.25, 0.3) is 0 Å². The Bertz CT molecular complexity index is 1050. The van der Waals surface area contributed by atoms with E-state index >= 15 is 0 Å². The average molecular weight is 440 g/mol. The zero-order chi connectivity index (χ0) is 22.2. The summed E-state index contributed by atoms with van der Waals surface area (Å²) in [5.41, 5.74) is 2.53. The molecule has 0 saturated heterocycles. The molecule has 162 valence electrons. The highest BCUT2D eigenvalue weighted by atomic mass is 32.2. The smallest absolute Gasteiger partial charge is 0.234 e. The lowest BCUT2D eigenvalue weighted by atomic mass is 10.2. The Kier molecular flexibility index (Phi) is 7.66. The maximum atomic E-state index is 12.3. The fraction of sp³-hybridized carbons (Fsp3) is 0.273. The Morgan fingerprint density at radius 1 is 1.03 bits per heavy atom. The molecule has 0 aliphatic heterocycles. The van der Waals surface area contributed by atoms with E-state index < -0.39 is 0 Å². The zero-order valence-corrected chi connectivity index (χ0v) is 18.5. The number of anilines is 2. The molecule has 3 aromatic rings. The summed E-state index contributed by atoms with van der Waals surface area (Å²) < 4.78 is 7.05. The maximum Gasteiger partial charge on any atom is 0.234 e. The van der Waals surface area contributed by atoms with E-state index in [-0.39, 0.29) is 17.6 Å². The largest absolute Gasteiger partial charge is 0.495 e. The van der Waals surface area contributed by atoms with Crippen molar-refractivity contribution in [2.75, 3.05) is 23.5 Å². The Morgan fingerprint density at radius 3 is 2.52 bits per heavy atom. The number of ether oxygens (including phenoxy) is 1. The number of carbonyl (C=O) groups is 2. The Hall–Kier alpha value is -3.33. The lowest BCUT2D eigenvalue weighted by molar-refractivity contribution is -0.116. The number of amides is 2. The van der Waals surface area contributed by atoms with Gasteiger partial charge in [-0.3, -0.25) is 9.59 Å². The number of benzene rings is 2. The molecule has 1 heterocycles. The highest BCUT2D eigenvalue weighted by Crippen LogP contribution is 2.24. The highest BCUT2D eigenvalue weighted by molar-refractivity contribution is 7.99. The third-order valence-corrected chi connectivity index (χ3v) is 5.57. The van der Waals surface area contributed by atoms with Crippen molar-refractivity contribution in [2.45, 2.75) is 24.9 Å². The second-order valence-electron chi connectivity index (χ2n) is 6.91. The molecule has 0 atom stereocenters. The molecular weight excluding hydrogens is 414 g/mol. The highest BCUT2D eigenvalue weighted by Gasteiger charge is 2.14. The van der Waals surface area contributed by atoms with Crippen LogP contribution in [0.1, 0.15) is 17.8 Å². The molecule has 0 aliphatic carbocycles. The fourth-order valence-corrected chi connectivity index (χ4v) is 3.57. The summed E-state index contributed by atoms with van der Waals surface area (Å²) in [5, 5.41) is 14.6. The number of hydrogen-bond acceptors (Lipinski definition) is 6. The molecule has 0 unspecified atom stereocenters. The number of para-hydroxylation sites is 2. The third kappa shape index (κ3) is 6.32. The van der Waals surface area contributed by atoms with Crippen LogP contribution in [0.4, 0.5) is 11.4 Å². The van der Waals surface area contributed by atoms with Crippen molar-refractivity contribution in [2.24, 2.45) is 7.05 Å². The van der Waals surface area contributed by atoms with Crippen LogP contribution in [0.2, 0.25) is 0 Å². The molecule has 0 saturated carbocycles. The molecule has 0 radical (unpaired) electrons. The summed E-state index contributed by atoms with van der Waals surface area (Å²) in [4.78, 5) is 24.5.